The van der Waals surface area contributed by atoms with E-state index in [1.54, 1.807) is 5.57 Å². The first-order chi connectivity index (χ1) is 5.74. The van der Waals surface area contributed by atoms with Crippen molar-refractivity contribution in [2.45, 2.75) is 46.5 Å². The van der Waals surface area contributed by atoms with Crippen LogP contribution >= 0.6 is 15.9 Å². The highest BCUT2D eigenvalue weighted by Crippen LogP contribution is 2.18. The van der Waals surface area contributed by atoms with Crippen molar-refractivity contribution >= 4 is 15.9 Å². The van der Waals surface area contributed by atoms with Crippen molar-refractivity contribution in [3.63, 3.8) is 0 Å². The van der Waals surface area contributed by atoms with Crippen LogP contribution in [0.1, 0.15) is 46.5 Å². The Balaban J connectivity index is 3.71. The third kappa shape index (κ3) is 5.82. The number of hydrogen-bond acceptors (Lipinski definition) is 0. The summed E-state index contributed by atoms with van der Waals surface area (Å²) in [5, 5.41) is 1.09. The Kier molecular flexibility index (Phi) is 7.99. The van der Waals surface area contributed by atoms with Gasteiger partial charge in [0.05, 0.1) is 0 Å². The molecule has 0 rings (SSSR count). The van der Waals surface area contributed by atoms with Gasteiger partial charge < -0.3 is 0 Å². The largest absolute Gasteiger partial charge is 0.0925 e. The first kappa shape index (κ1) is 12.2. The lowest BCUT2D eigenvalue weighted by molar-refractivity contribution is 0.488. The van der Waals surface area contributed by atoms with Gasteiger partial charge in [-0.1, -0.05) is 54.3 Å². The van der Waals surface area contributed by atoms with Crippen molar-refractivity contribution < 1.29 is 0 Å². The van der Waals surface area contributed by atoms with E-state index in [9.17, 15) is 0 Å². The maximum Gasteiger partial charge on any atom is 0.00660 e. The third-order valence-corrected chi connectivity index (χ3v) is 2.83. The van der Waals surface area contributed by atoms with Crippen molar-refractivity contribution in [3.05, 3.63) is 11.6 Å². The van der Waals surface area contributed by atoms with Crippen molar-refractivity contribution in [1.29, 1.82) is 0 Å². The number of halogens is 1. The molecule has 0 atom stereocenters. The van der Waals surface area contributed by atoms with Crippen molar-refractivity contribution in [3.8, 4) is 0 Å². The van der Waals surface area contributed by atoms with E-state index in [1.807, 2.05) is 0 Å². The molecule has 0 aliphatic carbocycles. The molecule has 0 aromatic rings. The Hall–Kier alpha value is 0.220. The summed E-state index contributed by atoms with van der Waals surface area (Å²) in [4.78, 5) is 0. The molecule has 0 amide bonds. The average Bonchev–Trinajstić information content (AvgIpc) is 2.10. The Morgan fingerprint density at radius 2 is 1.92 bits per heavy atom. The van der Waals surface area contributed by atoms with Crippen LogP contribution in [0.4, 0.5) is 0 Å². The fourth-order valence-corrected chi connectivity index (χ4v) is 1.65. The Morgan fingerprint density at radius 3 is 2.33 bits per heavy atom. The van der Waals surface area contributed by atoms with E-state index in [0.717, 1.165) is 11.2 Å². The highest BCUT2D eigenvalue weighted by Gasteiger charge is 2.02. The molecule has 0 saturated carbocycles. The van der Waals surface area contributed by atoms with Crippen LogP contribution < -0.4 is 0 Å². The van der Waals surface area contributed by atoms with Crippen LogP contribution in [0.5, 0.6) is 0 Å². The Morgan fingerprint density at radius 1 is 1.33 bits per heavy atom. The molecule has 12 heavy (non-hydrogen) atoms. The number of allylic oxidation sites excluding steroid dienone is 2. The molecular weight excluding hydrogens is 212 g/mol. The molecule has 0 heterocycles. The van der Waals surface area contributed by atoms with Gasteiger partial charge in [0.2, 0.25) is 0 Å². The van der Waals surface area contributed by atoms with Crippen LogP contribution in [0.2, 0.25) is 0 Å². The summed E-state index contributed by atoms with van der Waals surface area (Å²) in [7, 11) is 0. The van der Waals surface area contributed by atoms with Gasteiger partial charge in [-0.15, -0.1) is 0 Å². The van der Waals surface area contributed by atoms with Gasteiger partial charge in [-0.2, -0.15) is 0 Å². The average molecular weight is 233 g/mol. The molecular formula is C11H21Br. The van der Waals surface area contributed by atoms with Crippen molar-refractivity contribution in [2.75, 3.05) is 5.33 Å². The van der Waals surface area contributed by atoms with Gasteiger partial charge in [-0.3, -0.25) is 0 Å². The first-order valence-corrected chi connectivity index (χ1v) is 6.08. The van der Waals surface area contributed by atoms with Gasteiger partial charge in [0.1, 0.15) is 0 Å². The summed E-state index contributed by atoms with van der Waals surface area (Å²) in [6, 6.07) is 0. The van der Waals surface area contributed by atoms with E-state index in [0.29, 0.717) is 0 Å². The van der Waals surface area contributed by atoms with Gasteiger partial charge >= 0.3 is 0 Å². The Bertz CT molecular complexity index is 123. The van der Waals surface area contributed by atoms with Crippen LogP contribution in [0, 0.1) is 5.92 Å². The van der Waals surface area contributed by atoms with Gasteiger partial charge in [0.25, 0.3) is 0 Å². The second kappa shape index (κ2) is 7.85. The molecule has 0 aromatic heterocycles. The SMILES string of the molecule is CCC(CC)CC(C)=CCCBr. The van der Waals surface area contributed by atoms with E-state index in [1.165, 1.54) is 25.7 Å². The maximum atomic E-state index is 3.43. The summed E-state index contributed by atoms with van der Waals surface area (Å²) in [6.07, 6.45) is 7.45. The lowest BCUT2D eigenvalue weighted by Crippen LogP contribution is -1.97. The van der Waals surface area contributed by atoms with E-state index in [-0.39, 0.29) is 0 Å². The van der Waals surface area contributed by atoms with E-state index in [2.05, 4.69) is 42.8 Å². The predicted molar refractivity (Wildman–Crippen MR) is 60.9 cm³/mol. The quantitative estimate of drug-likeness (QED) is 0.466. The van der Waals surface area contributed by atoms with Crippen LogP contribution in [0.3, 0.4) is 0 Å². The topological polar surface area (TPSA) is 0 Å². The molecule has 0 fully saturated rings. The van der Waals surface area contributed by atoms with Crippen LogP contribution in [-0.2, 0) is 0 Å². The van der Waals surface area contributed by atoms with Gasteiger partial charge in [-0.25, -0.2) is 0 Å². The summed E-state index contributed by atoms with van der Waals surface area (Å²) < 4.78 is 0. The predicted octanol–water partition coefficient (Wildman–Crippen LogP) is 4.54. The number of hydrogen-bond donors (Lipinski definition) is 0. The fourth-order valence-electron chi connectivity index (χ4n) is 1.42. The molecule has 0 N–H and O–H groups in total. The molecule has 0 radical (unpaired) electrons. The zero-order valence-electron chi connectivity index (χ0n) is 8.57. The molecule has 0 spiro atoms. The van der Waals surface area contributed by atoms with Gasteiger partial charge in [0, 0.05) is 5.33 Å². The normalized spacial score (nSPS) is 12.6. The highest BCUT2D eigenvalue weighted by molar-refractivity contribution is 9.09. The minimum atomic E-state index is 0.900. The number of rotatable bonds is 6. The van der Waals surface area contributed by atoms with Crippen LogP contribution in [0.15, 0.2) is 11.6 Å². The second-order valence-electron chi connectivity index (χ2n) is 3.41. The fraction of sp³-hybridized carbons (Fsp3) is 0.818. The minimum absolute atomic E-state index is 0.900. The van der Waals surface area contributed by atoms with E-state index < -0.39 is 0 Å². The standard InChI is InChI=1S/C11H21Br/c1-4-11(5-2)9-10(3)7-6-8-12/h7,11H,4-6,8-9H2,1-3H3. The van der Waals surface area contributed by atoms with Crippen molar-refractivity contribution in [1.82, 2.24) is 0 Å². The van der Waals surface area contributed by atoms with Crippen LogP contribution in [0.25, 0.3) is 0 Å². The van der Waals surface area contributed by atoms with E-state index in [4.69, 9.17) is 0 Å². The lowest BCUT2D eigenvalue weighted by atomic mass is 9.95. The summed E-state index contributed by atoms with van der Waals surface area (Å²) in [5.74, 6) is 0.900. The maximum absolute atomic E-state index is 3.43. The summed E-state index contributed by atoms with van der Waals surface area (Å²) in [6.45, 7) is 6.82. The van der Waals surface area contributed by atoms with Crippen molar-refractivity contribution in [2.24, 2.45) is 5.92 Å². The zero-order chi connectivity index (χ0) is 9.40. The first-order valence-electron chi connectivity index (χ1n) is 4.96. The molecule has 0 bridgehead atoms. The van der Waals surface area contributed by atoms with Gasteiger partial charge in [-0.05, 0) is 25.7 Å². The Labute approximate surface area is 85.6 Å². The molecule has 0 saturated heterocycles. The summed E-state index contributed by atoms with van der Waals surface area (Å²) >= 11 is 3.43. The highest BCUT2D eigenvalue weighted by atomic mass is 79.9. The zero-order valence-corrected chi connectivity index (χ0v) is 10.2. The lowest BCUT2D eigenvalue weighted by Gasteiger charge is -2.11. The molecule has 0 aromatic carbocycles. The molecule has 1 heteroatoms. The summed E-state index contributed by atoms with van der Waals surface area (Å²) in [5.41, 5.74) is 1.56. The molecule has 0 unspecified atom stereocenters. The smallest absolute Gasteiger partial charge is 0.00660 e. The molecule has 72 valence electrons. The van der Waals surface area contributed by atoms with E-state index >= 15 is 0 Å². The van der Waals surface area contributed by atoms with Crippen LogP contribution in [-0.4, -0.2) is 5.33 Å². The monoisotopic (exact) mass is 232 g/mol. The minimum Gasteiger partial charge on any atom is -0.0925 e. The number of alkyl halides is 1. The molecule has 0 aliphatic rings. The third-order valence-electron chi connectivity index (χ3n) is 2.37. The molecule has 0 nitrogen and oxygen atoms in total. The molecule has 0 aliphatic heterocycles. The van der Waals surface area contributed by atoms with Gasteiger partial charge in [0.15, 0.2) is 0 Å². The second-order valence-corrected chi connectivity index (χ2v) is 4.21.